The van der Waals surface area contributed by atoms with Gasteiger partial charge in [0.2, 0.25) is 0 Å². The largest absolute Gasteiger partial charge is 0.333 e. The Bertz CT molecular complexity index is 528. The minimum Gasteiger partial charge on any atom is -0.322 e. The second-order valence-corrected chi connectivity index (χ2v) is 4.31. The Labute approximate surface area is 108 Å². The van der Waals surface area contributed by atoms with Crippen molar-refractivity contribution in [2.45, 2.75) is 19.0 Å². The van der Waals surface area contributed by atoms with Crippen LogP contribution in [0, 0.1) is 0 Å². The summed E-state index contributed by atoms with van der Waals surface area (Å²) in [6, 6.07) is 8.33. The molecule has 2 N–H and O–H groups in total. The third-order valence-corrected chi connectivity index (χ3v) is 2.98. The molecule has 0 aliphatic rings. The van der Waals surface area contributed by atoms with Crippen LogP contribution in [0.5, 0.6) is 0 Å². The van der Waals surface area contributed by atoms with Crippen molar-refractivity contribution in [2.24, 2.45) is 5.73 Å². The van der Waals surface area contributed by atoms with Gasteiger partial charge in [0.1, 0.15) is 0 Å². The summed E-state index contributed by atoms with van der Waals surface area (Å²) >= 11 is 6.01. The highest BCUT2D eigenvalue weighted by atomic mass is 35.5. The van der Waals surface area contributed by atoms with Gasteiger partial charge in [-0.1, -0.05) is 29.8 Å². The van der Waals surface area contributed by atoms with E-state index in [1.807, 2.05) is 18.2 Å². The number of benzene rings is 1. The Morgan fingerprint density at radius 1 is 1.28 bits per heavy atom. The summed E-state index contributed by atoms with van der Waals surface area (Å²) < 4.78 is 25.3. The molecule has 1 aromatic heterocycles. The van der Waals surface area contributed by atoms with E-state index in [4.69, 9.17) is 17.3 Å². The Morgan fingerprint density at radius 3 is 2.61 bits per heavy atom. The molecule has 2 aromatic rings. The summed E-state index contributed by atoms with van der Waals surface area (Å²) in [7, 11) is 0. The van der Waals surface area contributed by atoms with Crippen LogP contribution in [0.25, 0.3) is 0 Å². The molecule has 3 nitrogen and oxygen atoms in total. The van der Waals surface area contributed by atoms with Gasteiger partial charge in [0.25, 0.3) is 0 Å². The summed E-state index contributed by atoms with van der Waals surface area (Å²) in [5.74, 6) is 0. The molecule has 2 rings (SSSR count). The van der Waals surface area contributed by atoms with Crippen molar-refractivity contribution >= 4 is 11.6 Å². The van der Waals surface area contributed by atoms with Gasteiger partial charge in [0, 0.05) is 11.2 Å². The van der Waals surface area contributed by atoms with Crippen LogP contribution in [0.2, 0.25) is 5.02 Å². The summed E-state index contributed by atoms with van der Waals surface area (Å²) in [5, 5.41) is 4.35. The van der Waals surface area contributed by atoms with E-state index < -0.39 is 12.6 Å². The molecule has 96 valence electrons. The van der Waals surface area contributed by atoms with Crippen molar-refractivity contribution in [3.8, 4) is 0 Å². The molecular weight excluding hydrogens is 260 g/mol. The van der Waals surface area contributed by atoms with E-state index in [0.717, 1.165) is 5.56 Å². The highest BCUT2D eigenvalue weighted by Gasteiger charge is 2.14. The Kier molecular flexibility index (Phi) is 3.93. The maximum absolute atomic E-state index is 12.4. The van der Waals surface area contributed by atoms with Crippen LogP contribution in [-0.2, 0) is 6.42 Å². The first-order chi connectivity index (χ1) is 8.58. The molecule has 0 aliphatic heterocycles. The molecule has 1 unspecified atom stereocenters. The molecule has 0 radical (unpaired) electrons. The molecule has 0 amide bonds. The van der Waals surface area contributed by atoms with Crippen LogP contribution in [0.3, 0.4) is 0 Å². The summed E-state index contributed by atoms with van der Waals surface area (Å²) in [4.78, 5) is 0. The first kappa shape index (κ1) is 13.0. The number of nitrogens with zero attached hydrogens (tertiary/aromatic N) is 2. The molecule has 0 aliphatic carbocycles. The topological polar surface area (TPSA) is 43.8 Å². The van der Waals surface area contributed by atoms with E-state index >= 15 is 0 Å². The molecular formula is C12H12ClF2N3. The standard InChI is InChI=1S/C12H12ClF2N3/c13-9-4-2-1-3-8(9)7-10(16)11-5-6-18(17-11)12(14)15/h1-6,10,12H,7,16H2. The molecule has 18 heavy (non-hydrogen) atoms. The minimum absolute atomic E-state index is 0.426. The molecule has 0 bridgehead atoms. The quantitative estimate of drug-likeness (QED) is 0.928. The zero-order chi connectivity index (χ0) is 13.1. The van der Waals surface area contributed by atoms with E-state index in [-0.39, 0.29) is 0 Å². The normalized spacial score (nSPS) is 12.9. The van der Waals surface area contributed by atoms with Crippen molar-refractivity contribution < 1.29 is 8.78 Å². The van der Waals surface area contributed by atoms with Crippen LogP contribution >= 0.6 is 11.6 Å². The van der Waals surface area contributed by atoms with Crippen LogP contribution in [0.4, 0.5) is 8.78 Å². The lowest BCUT2D eigenvalue weighted by atomic mass is 10.0. The third-order valence-electron chi connectivity index (χ3n) is 2.61. The van der Waals surface area contributed by atoms with Crippen LogP contribution in [0.15, 0.2) is 36.5 Å². The SMILES string of the molecule is NC(Cc1ccccc1Cl)c1ccn(C(F)F)n1. The average molecular weight is 272 g/mol. The van der Waals surface area contributed by atoms with Gasteiger partial charge < -0.3 is 5.73 Å². The lowest BCUT2D eigenvalue weighted by Gasteiger charge is -2.10. The zero-order valence-corrected chi connectivity index (χ0v) is 10.2. The number of halogens is 3. The molecule has 1 aromatic carbocycles. The maximum Gasteiger partial charge on any atom is 0.333 e. The monoisotopic (exact) mass is 271 g/mol. The summed E-state index contributed by atoms with van der Waals surface area (Å²) in [6.45, 7) is -2.65. The van der Waals surface area contributed by atoms with Crippen molar-refractivity contribution in [1.29, 1.82) is 0 Å². The fourth-order valence-corrected chi connectivity index (χ4v) is 1.88. The molecule has 0 saturated carbocycles. The number of hydrogen-bond acceptors (Lipinski definition) is 2. The van der Waals surface area contributed by atoms with Gasteiger partial charge >= 0.3 is 6.55 Å². The first-order valence-electron chi connectivity index (χ1n) is 5.40. The smallest absolute Gasteiger partial charge is 0.322 e. The number of hydrogen-bond donors (Lipinski definition) is 1. The molecule has 6 heteroatoms. The molecule has 0 saturated heterocycles. The van der Waals surface area contributed by atoms with E-state index in [1.54, 1.807) is 6.07 Å². The summed E-state index contributed by atoms with van der Waals surface area (Å²) in [5.41, 5.74) is 7.23. The van der Waals surface area contributed by atoms with E-state index in [2.05, 4.69) is 5.10 Å². The van der Waals surface area contributed by atoms with Gasteiger partial charge in [0.15, 0.2) is 0 Å². The number of alkyl halides is 2. The number of rotatable bonds is 4. The van der Waals surface area contributed by atoms with Crippen molar-refractivity contribution in [2.75, 3.05) is 0 Å². The van der Waals surface area contributed by atoms with E-state index in [9.17, 15) is 8.78 Å². The lowest BCUT2D eigenvalue weighted by molar-refractivity contribution is 0.0560. The molecule has 0 spiro atoms. The molecule has 0 fully saturated rings. The first-order valence-corrected chi connectivity index (χ1v) is 5.78. The number of aromatic nitrogens is 2. The maximum atomic E-state index is 12.4. The van der Waals surface area contributed by atoms with Crippen LogP contribution < -0.4 is 5.73 Å². The second-order valence-electron chi connectivity index (χ2n) is 3.90. The van der Waals surface area contributed by atoms with E-state index in [1.165, 1.54) is 12.3 Å². The fourth-order valence-electron chi connectivity index (χ4n) is 1.66. The van der Waals surface area contributed by atoms with Gasteiger partial charge in [-0.15, -0.1) is 0 Å². The zero-order valence-electron chi connectivity index (χ0n) is 9.43. The predicted molar refractivity (Wildman–Crippen MR) is 65.6 cm³/mol. The highest BCUT2D eigenvalue weighted by Crippen LogP contribution is 2.21. The van der Waals surface area contributed by atoms with Crippen molar-refractivity contribution in [1.82, 2.24) is 9.78 Å². The highest BCUT2D eigenvalue weighted by molar-refractivity contribution is 6.31. The fraction of sp³-hybridized carbons (Fsp3) is 0.250. The second kappa shape index (κ2) is 5.46. The van der Waals surface area contributed by atoms with E-state index in [0.29, 0.717) is 21.8 Å². The van der Waals surface area contributed by atoms with Crippen molar-refractivity contribution in [3.05, 3.63) is 52.8 Å². The van der Waals surface area contributed by atoms with Crippen molar-refractivity contribution in [3.63, 3.8) is 0 Å². The van der Waals surface area contributed by atoms with Crippen LogP contribution in [-0.4, -0.2) is 9.78 Å². The van der Waals surface area contributed by atoms with Gasteiger partial charge in [0.05, 0.1) is 11.7 Å². The van der Waals surface area contributed by atoms with Gasteiger partial charge in [-0.05, 0) is 24.1 Å². The van der Waals surface area contributed by atoms with Gasteiger partial charge in [-0.3, -0.25) is 0 Å². The lowest BCUT2D eigenvalue weighted by Crippen LogP contribution is -2.15. The summed E-state index contributed by atoms with van der Waals surface area (Å²) in [6.07, 6.45) is 1.67. The Balaban J connectivity index is 2.12. The van der Waals surface area contributed by atoms with Crippen LogP contribution in [0.1, 0.15) is 23.8 Å². The predicted octanol–water partition coefficient (Wildman–Crippen LogP) is 3.17. The number of nitrogens with two attached hydrogens (primary N) is 1. The third kappa shape index (κ3) is 2.86. The average Bonchev–Trinajstić information content (AvgIpc) is 2.81. The van der Waals surface area contributed by atoms with Gasteiger partial charge in [-0.2, -0.15) is 13.9 Å². The van der Waals surface area contributed by atoms with Gasteiger partial charge in [-0.25, -0.2) is 4.68 Å². The Hall–Kier alpha value is -1.46. The Morgan fingerprint density at radius 2 is 2.00 bits per heavy atom. The molecule has 1 heterocycles. The minimum atomic E-state index is -2.65. The molecule has 1 atom stereocenters.